The Balaban J connectivity index is 1.94. The number of nitrogens with zero attached hydrogens (tertiary/aromatic N) is 2. The number of nitrogens with one attached hydrogen (secondary N) is 1. The van der Waals surface area contributed by atoms with Crippen LogP contribution in [0.25, 0.3) is 0 Å². The fraction of sp³-hybridized carbons (Fsp3) is 0.188. The number of thiophene rings is 1. The first-order valence-corrected chi connectivity index (χ1v) is 8.29. The van der Waals surface area contributed by atoms with Crippen LogP contribution in [0.2, 0.25) is 4.34 Å². The minimum atomic E-state index is -0.483. The second-order valence-electron chi connectivity index (χ2n) is 5.02. The zero-order valence-corrected chi connectivity index (χ0v) is 14.3. The summed E-state index contributed by atoms with van der Waals surface area (Å²) >= 11 is 7.39. The van der Waals surface area contributed by atoms with Crippen molar-refractivity contribution in [3.63, 3.8) is 0 Å². The minimum Gasteiger partial charge on any atom is -0.325 e. The van der Waals surface area contributed by atoms with Gasteiger partial charge < -0.3 is 5.32 Å². The van der Waals surface area contributed by atoms with Crippen LogP contribution in [0.4, 0.5) is 11.4 Å². The highest BCUT2D eigenvalue weighted by atomic mass is 35.5. The number of carbonyl (C=O) groups excluding carboxylic acids is 1. The molecule has 0 aliphatic heterocycles. The van der Waals surface area contributed by atoms with E-state index >= 15 is 0 Å². The summed E-state index contributed by atoms with van der Waals surface area (Å²) in [5.74, 6) is -0.201. The fourth-order valence-corrected chi connectivity index (χ4v) is 3.22. The second-order valence-corrected chi connectivity index (χ2v) is 6.82. The van der Waals surface area contributed by atoms with Gasteiger partial charge in [0.2, 0.25) is 5.91 Å². The molecule has 0 saturated heterocycles. The maximum absolute atomic E-state index is 12.2. The van der Waals surface area contributed by atoms with Gasteiger partial charge in [-0.3, -0.25) is 19.8 Å². The molecule has 2 aromatic rings. The van der Waals surface area contributed by atoms with E-state index < -0.39 is 4.92 Å². The molecule has 0 unspecified atom stereocenters. The number of amides is 1. The van der Waals surface area contributed by atoms with Crippen LogP contribution >= 0.6 is 22.9 Å². The minimum absolute atomic E-state index is 0.0177. The molecule has 0 aliphatic rings. The Morgan fingerprint density at radius 1 is 1.33 bits per heavy atom. The summed E-state index contributed by atoms with van der Waals surface area (Å²) < 4.78 is 0.707. The standard InChI is InChI=1S/C16H16ClN3O3S/c1-2-9-19(10-14-7-8-15(17)24-14)11-16(21)18-12-3-5-13(6-4-12)20(22)23/h2-8H,1,9-11H2,(H,18,21). The Labute approximate surface area is 148 Å². The maximum Gasteiger partial charge on any atom is 0.269 e. The largest absolute Gasteiger partial charge is 0.325 e. The zero-order valence-electron chi connectivity index (χ0n) is 12.8. The van der Waals surface area contributed by atoms with E-state index in [1.807, 2.05) is 17.0 Å². The van der Waals surface area contributed by atoms with Crippen LogP contribution in [0.15, 0.2) is 49.1 Å². The van der Waals surface area contributed by atoms with Gasteiger partial charge in [-0.15, -0.1) is 17.9 Å². The lowest BCUT2D eigenvalue weighted by Gasteiger charge is -2.19. The Hall–Kier alpha value is -2.22. The lowest BCUT2D eigenvalue weighted by atomic mass is 10.3. The molecule has 2 rings (SSSR count). The third-order valence-electron chi connectivity index (χ3n) is 3.12. The average Bonchev–Trinajstić information content (AvgIpc) is 2.93. The Morgan fingerprint density at radius 2 is 2.04 bits per heavy atom. The molecule has 6 nitrogen and oxygen atoms in total. The fourth-order valence-electron chi connectivity index (χ4n) is 2.09. The summed E-state index contributed by atoms with van der Waals surface area (Å²) in [4.78, 5) is 25.3. The Bertz CT molecular complexity index is 730. The van der Waals surface area contributed by atoms with Gasteiger partial charge in [0, 0.05) is 35.8 Å². The number of nitro benzene ring substituents is 1. The van der Waals surface area contributed by atoms with Gasteiger partial charge in [-0.05, 0) is 24.3 Å². The van der Waals surface area contributed by atoms with Gasteiger partial charge in [-0.25, -0.2) is 0 Å². The number of rotatable bonds is 8. The van der Waals surface area contributed by atoms with Gasteiger partial charge in [-0.2, -0.15) is 0 Å². The highest BCUT2D eigenvalue weighted by Gasteiger charge is 2.12. The number of carbonyl (C=O) groups is 1. The van der Waals surface area contributed by atoms with E-state index in [1.165, 1.54) is 35.6 Å². The Kier molecular flexibility index (Phi) is 6.48. The van der Waals surface area contributed by atoms with Crippen molar-refractivity contribution in [2.45, 2.75) is 6.54 Å². The first-order chi connectivity index (χ1) is 11.5. The second kappa shape index (κ2) is 8.58. The van der Waals surface area contributed by atoms with E-state index in [-0.39, 0.29) is 18.1 Å². The maximum atomic E-state index is 12.2. The normalized spacial score (nSPS) is 10.6. The monoisotopic (exact) mass is 365 g/mol. The molecule has 0 fully saturated rings. The van der Waals surface area contributed by atoms with E-state index in [1.54, 1.807) is 6.08 Å². The van der Waals surface area contributed by atoms with E-state index in [0.29, 0.717) is 23.1 Å². The van der Waals surface area contributed by atoms with Gasteiger partial charge in [0.05, 0.1) is 15.8 Å². The molecule has 1 heterocycles. The third kappa shape index (κ3) is 5.45. The number of halogens is 1. The summed E-state index contributed by atoms with van der Waals surface area (Å²) in [5, 5.41) is 13.3. The number of non-ortho nitro benzene ring substituents is 1. The molecule has 1 aromatic heterocycles. The third-order valence-corrected chi connectivity index (χ3v) is 4.34. The highest BCUT2D eigenvalue weighted by molar-refractivity contribution is 7.16. The van der Waals surface area contributed by atoms with E-state index in [2.05, 4.69) is 11.9 Å². The van der Waals surface area contributed by atoms with Gasteiger partial charge in [0.25, 0.3) is 5.69 Å². The molecule has 1 amide bonds. The molecule has 0 aliphatic carbocycles. The van der Waals surface area contributed by atoms with Crippen molar-refractivity contribution in [2.75, 3.05) is 18.4 Å². The number of nitro groups is 1. The molecule has 1 aromatic carbocycles. The van der Waals surface area contributed by atoms with Crippen LogP contribution in [-0.4, -0.2) is 28.8 Å². The van der Waals surface area contributed by atoms with Crippen molar-refractivity contribution in [1.29, 1.82) is 0 Å². The van der Waals surface area contributed by atoms with Crippen molar-refractivity contribution in [3.05, 3.63) is 68.4 Å². The molecule has 0 spiro atoms. The summed E-state index contributed by atoms with van der Waals surface area (Å²) in [6, 6.07) is 9.47. The molecule has 0 radical (unpaired) electrons. The van der Waals surface area contributed by atoms with Crippen molar-refractivity contribution in [1.82, 2.24) is 4.90 Å². The van der Waals surface area contributed by atoms with Gasteiger partial charge in [-0.1, -0.05) is 17.7 Å². The molecular weight excluding hydrogens is 350 g/mol. The van der Waals surface area contributed by atoms with Crippen LogP contribution in [0.1, 0.15) is 4.88 Å². The van der Waals surface area contributed by atoms with Crippen LogP contribution in [-0.2, 0) is 11.3 Å². The molecule has 0 bridgehead atoms. The number of hydrogen-bond acceptors (Lipinski definition) is 5. The van der Waals surface area contributed by atoms with Crippen molar-refractivity contribution < 1.29 is 9.72 Å². The number of benzene rings is 1. The molecule has 1 N–H and O–H groups in total. The lowest BCUT2D eigenvalue weighted by molar-refractivity contribution is -0.384. The van der Waals surface area contributed by atoms with Crippen LogP contribution in [0.3, 0.4) is 0 Å². The highest BCUT2D eigenvalue weighted by Crippen LogP contribution is 2.22. The van der Waals surface area contributed by atoms with E-state index in [4.69, 9.17) is 11.6 Å². The zero-order chi connectivity index (χ0) is 17.5. The first-order valence-electron chi connectivity index (χ1n) is 7.09. The molecule has 24 heavy (non-hydrogen) atoms. The number of anilines is 1. The van der Waals surface area contributed by atoms with Crippen LogP contribution < -0.4 is 5.32 Å². The molecule has 0 atom stereocenters. The van der Waals surface area contributed by atoms with Crippen molar-refractivity contribution in [2.24, 2.45) is 0 Å². The van der Waals surface area contributed by atoms with Crippen LogP contribution in [0.5, 0.6) is 0 Å². The van der Waals surface area contributed by atoms with Crippen molar-refractivity contribution in [3.8, 4) is 0 Å². The first kappa shape index (κ1) is 18.1. The molecule has 126 valence electrons. The average molecular weight is 366 g/mol. The smallest absolute Gasteiger partial charge is 0.269 e. The SMILES string of the molecule is C=CCN(CC(=O)Nc1ccc([N+](=O)[O-])cc1)Cc1ccc(Cl)s1. The summed E-state index contributed by atoms with van der Waals surface area (Å²) in [6.45, 7) is 5.04. The van der Waals surface area contributed by atoms with Gasteiger partial charge in [0.15, 0.2) is 0 Å². The molecule has 0 saturated carbocycles. The molecular formula is C16H16ClN3O3S. The topological polar surface area (TPSA) is 75.5 Å². The van der Waals surface area contributed by atoms with Gasteiger partial charge >= 0.3 is 0 Å². The number of hydrogen-bond donors (Lipinski definition) is 1. The van der Waals surface area contributed by atoms with Gasteiger partial charge in [0.1, 0.15) is 0 Å². The Morgan fingerprint density at radius 3 is 2.58 bits per heavy atom. The summed E-state index contributed by atoms with van der Waals surface area (Å²) in [6.07, 6.45) is 1.73. The summed E-state index contributed by atoms with van der Waals surface area (Å²) in [5.41, 5.74) is 0.499. The summed E-state index contributed by atoms with van der Waals surface area (Å²) in [7, 11) is 0. The van der Waals surface area contributed by atoms with Crippen LogP contribution in [0, 0.1) is 10.1 Å². The lowest BCUT2D eigenvalue weighted by Crippen LogP contribution is -2.32. The van der Waals surface area contributed by atoms with E-state index in [9.17, 15) is 14.9 Å². The quantitative estimate of drug-likeness (QED) is 0.437. The predicted molar refractivity (Wildman–Crippen MR) is 96.5 cm³/mol. The molecule has 8 heteroatoms. The van der Waals surface area contributed by atoms with Crippen molar-refractivity contribution >= 4 is 40.2 Å². The van der Waals surface area contributed by atoms with E-state index in [0.717, 1.165) is 4.88 Å². The predicted octanol–water partition coefficient (Wildman–Crippen LogP) is 3.94.